The minimum atomic E-state index is -0.909. The minimum Gasteiger partial charge on any atom is -0.478 e. The Hall–Kier alpha value is -1.53. The molecule has 0 saturated carbocycles. The average Bonchev–Trinajstić information content (AvgIpc) is 2.40. The van der Waals surface area contributed by atoms with Gasteiger partial charge in [0.1, 0.15) is 11.4 Å². The molecule has 1 aromatic heterocycles. The van der Waals surface area contributed by atoms with Crippen molar-refractivity contribution in [3.8, 4) is 0 Å². The lowest BCUT2D eigenvalue weighted by molar-refractivity contribution is 0.0689. The van der Waals surface area contributed by atoms with Crippen molar-refractivity contribution in [1.82, 2.24) is 9.97 Å². The van der Waals surface area contributed by atoms with Crippen LogP contribution in [0.1, 0.15) is 17.3 Å². The Kier molecular flexibility index (Phi) is 4.81. The summed E-state index contributed by atoms with van der Waals surface area (Å²) in [6, 6.07) is 7.27. The number of carbonyl (C=O) groups is 1. The number of aromatic nitrogens is 2. The van der Waals surface area contributed by atoms with E-state index in [0.717, 1.165) is 15.7 Å². The predicted octanol–water partition coefficient (Wildman–Crippen LogP) is 3.44. The largest absolute Gasteiger partial charge is 0.478 e. The van der Waals surface area contributed by atoms with Crippen LogP contribution < -0.4 is 0 Å². The molecule has 1 aromatic carbocycles. The van der Waals surface area contributed by atoms with E-state index >= 15 is 0 Å². The first-order valence-corrected chi connectivity index (χ1v) is 7.45. The van der Waals surface area contributed by atoms with E-state index in [1.807, 2.05) is 19.1 Å². The van der Waals surface area contributed by atoms with E-state index in [1.165, 1.54) is 29.9 Å². The molecule has 0 spiro atoms. The van der Waals surface area contributed by atoms with Gasteiger partial charge < -0.3 is 5.11 Å². The van der Waals surface area contributed by atoms with Gasteiger partial charge in [-0.2, -0.15) is 0 Å². The number of aromatic carboxylic acids is 1. The number of rotatable bonds is 5. The van der Waals surface area contributed by atoms with Crippen LogP contribution in [0.2, 0.25) is 0 Å². The molecular formula is C13H12N2O2S2. The highest BCUT2D eigenvalue weighted by atomic mass is 32.2. The molecule has 1 N–H and O–H groups in total. The molecule has 0 bridgehead atoms. The molecule has 4 nitrogen and oxygen atoms in total. The van der Waals surface area contributed by atoms with Crippen LogP contribution in [0.15, 0.2) is 51.6 Å². The van der Waals surface area contributed by atoms with Crippen LogP contribution in [0.3, 0.4) is 0 Å². The molecule has 0 saturated heterocycles. The predicted molar refractivity (Wildman–Crippen MR) is 76.0 cm³/mol. The molecule has 0 unspecified atom stereocenters. The average molecular weight is 292 g/mol. The zero-order valence-corrected chi connectivity index (χ0v) is 11.9. The molecule has 98 valence electrons. The summed E-state index contributed by atoms with van der Waals surface area (Å²) in [4.78, 5) is 20.9. The number of benzene rings is 1. The van der Waals surface area contributed by atoms with Crippen LogP contribution in [-0.4, -0.2) is 26.8 Å². The first kappa shape index (κ1) is 13.9. The molecule has 2 aromatic rings. The number of nitrogens with zero attached hydrogens (tertiary/aromatic N) is 2. The van der Waals surface area contributed by atoms with Gasteiger partial charge in [0.05, 0.1) is 5.56 Å². The van der Waals surface area contributed by atoms with Crippen molar-refractivity contribution >= 4 is 29.5 Å². The summed E-state index contributed by atoms with van der Waals surface area (Å²) < 4.78 is 0. The quantitative estimate of drug-likeness (QED) is 0.673. The van der Waals surface area contributed by atoms with E-state index in [9.17, 15) is 9.90 Å². The Morgan fingerprint density at radius 3 is 2.74 bits per heavy atom. The molecule has 0 atom stereocenters. The Balaban J connectivity index is 2.39. The van der Waals surface area contributed by atoms with E-state index in [-0.39, 0.29) is 0 Å². The monoisotopic (exact) mass is 292 g/mol. The molecule has 2 rings (SSSR count). The van der Waals surface area contributed by atoms with E-state index in [1.54, 1.807) is 18.3 Å². The molecule has 0 fully saturated rings. The summed E-state index contributed by atoms with van der Waals surface area (Å²) in [5, 5.41) is 10.1. The van der Waals surface area contributed by atoms with E-state index < -0.39 is 5.97 Å². The fraction of sp³-hybridized carbons (Fsp3) is 0.154. The molecule has 0 aliphatic carbocycles. The lowest BCUT2D eigenvalue weighted by Crippen LogP contribution is -2.01. The van der Waals surface area contributed by atoms with Gasteiger partial charge in [0.2, 0.25) is 0 Å². The number of carboxylic acid groups (broad SMARTS) is 1. The summed E-state index contributed by atoms with van der Waals surface area (Å²) in [6.45, 7) is 2.00. The fourth-order valence-corrected chi connectivity index (χ4v) is 3.33. The second-order valence-corrected chi connectivity index (χ2v) is 5.89. The maximum atomic E-state index is 11.4. The third-order valence-corrected chi connectivity index (χ3v) is 4.22. The fourth-order valence-electron chi connectivity index (χ4n) is 1.53. The topological polar surface area (TPSA) is 63.1 Å². The molecule has 1 heterocycles. The van der Waals surface area contributed by atoms with Crippen LogP contribution in [0.25, 0.3) is 0 Å². The molecular weight excluding hydrogens is 280 g/mol. The maximum absolute atomic E-state index is 11.4. The summed E-state index contributed by atoms with van der Waals surface area (Å²) in [5.41, 5.74) is 0.345. The molecule has 6 heteroatoms. The maximum Gasteiger partial charge on any atom is 0.337 e. The van der Waals surface area contributed by atoms with Crippen molar-refractivity contribution in [3.63, 3.8) is 0 Å². The van der Waals surface area contributed by atoms with Gasteiger partial charge in [-0.05, 0) is 24.0 Å². The van der Waals surface area contributed by atoms with E-state index in [0.29, 0.717) is 10.5 Å². The lowest BCUT2D eigenvalue weighted by Gasteiger charge is -2.09. The molecule has 0 amide bonds. The van der Waals surface area contributed by atoms with Crippen LogP contribution in [0.5, 0.6) is 0 Å². The van der Waals surface area contributed by atoms with Crippen molar-refractivity contribution in [2.24, 2.45) is 0 Å². The van der Waals surface area contributed by atoms with Gasteiger partial charge in [0.15, 0.2) is 0 Å². The Morgan fingerprint density at radius 1 is 1.32 bits per heavy atom. The Bertz CT molecular complexity index is 576. The van der Waals surface area contributed by atoms with Crippen LogP contribution >= 0.6 is 23.5 Å². The summed E-state index contributed by atoms with van der Waals surface area (Å²) in [6.07, 6.45) is 3.09. The summed E-state index contributed by atoms with van der Waals surface area (Å²) in [5.74, 6) is -0.0739. The molecule has 0 aliphatic heterocycles. The SMILES string of the molecule is CCSc1cccc(Sc2ccncn2)c1C(=O)O. The zero-order valence-electron chi connectivity index (χ0n) is 10.2. The van der Waals surface area contributed by atoms with E-state index in [4.69, 9.17) is 0 Å². The van der Waals surface area contributed by atoms with Crippen molar-refractivity contribution in [1.29, 1.82) is 0 Å². The van der Waals surface area contributed by atoms with Gasteiger partial charge in [0, 0.05) is 16.0 Å². The lowest BCUT2D eigenvalue weighted by atomic mass is 10.2. The third kappa shape index (κ3) is 3.48. The third-order valence-electron chi connectivity index (χ3n) is 2.27. The van der Waals surface area contributed by atoms with Crippen molar-refractivity contribution < 1.29 is 9.90 Å². The molecule has 19 heavy (non-hydrogen) atoms. The second kappa shape index (κ2) is 6.58. The Morgan fingerprint density at radius 2 is 2.11 bits per heavy atom. The van der Waals surface area contributed by atoms with Gasteiger partial charge >= 0.3 is 5.97 Å². The van der Waals surface area contributed by atoms with Crippen LogP contribution in [-0.2, 0) is 0 Å². The first-order valence-electron chi connectivity index (χ1n) is 5.65. The zero-order chi connectivity index (χ0) is 13.7. The number of carboxylic acids is 1. The van der Waals surface area contributed by atoms with Gasteiger partial charge in [0.25, 0.3) is 0 Å². The van der Waals surface area contributed by atoms with Gasteiger partial charge in [-0.3, -0.25) is 0 Å². The minimum absolute atomic E-state index is 0.345. The van der Waals surface area contributed by atoms with Crippen LogP contribution in [0.4, 0.5) is 0 Å². The van der Waals surface area contributed by atoms with E-state index in [2.05, 4.69) is 9.97 Å². The smallest absolute Gasteiger partial charge is 0.337 e. The highest BCUT2D eigenvalue weighted by Crippen LogP contribution is 2.34. The number of hydrogen-bond donors (Lipinski definition) is 1. The number of hydrogen-bond acceptors (Lipinski definition) is 5. The highest BCUT2D eigenvalue weighted by molar-refractivity contribution is 8.00. The molecule has 0 aliphatic rings. The van der Waals surface area contributed by atoms with Crippen molar-refractivity contribution in [3.05, 3.63) is 42.4 Å². The first-order chi connectivity index (χ1) is 9.22. The number of thioether (sulfide) groups is 1. The second-order valence-electron chi connectivity index (χ2n) is 3.52. The van der Waals surface area contributed by atoms with Crippen molar-refractivity contribution in [2.45, 2.75) is 21.7 Å². The van der Waals surface area contributed by atoms with Gasteiger partial charge in [-0.15, -0.1) is 11.8 Å². The van der Waals surface area contributed by atoms with Crippen molar-refractivity contribution in [2.75, 3.05) is 5.75 Å². The summed E-state index contributed by atoms with van der Waals surface area (Å²) in [7, 11) is 0. The Labute approximate surface area is 119 Å². The van der Waals surface area contributed by atoms with Gasteiger partial charge in [-0.1, -0.05) is 24.8 Å². The van der Waals surface area contributed by atoms with Crippen LogP contribution in [0, 0.1) is 0 Å². The van der Waals surface area contributed by atoms with Gasteiger partial charge in [-0.25, -0.2) is 14.8 Å². The summed E-state index contributed by atoms with van der Waals surface area (Å²) >= 11 is 2.87. The highest BCUT2D eigenvalue weighted by Gasteiger charge is 2.16. The molecule has 0 radical (unpaired) electrons. The standard InChI is InChI=1S/C13H12N2O2S2/c1-2-18-9-4-3-5-10(12(9)13(16)17)19-11-6-7-14-8-15-11/h3-8H,2H2,1H3,(H,16,17). The normalized spacial score (nSPS) is 10.4.